The van der Waals surface area contributed by atoms with E-state index in [0.29, 0.717) is 6.42 Å². The van der Waals surface area contributed by atoms with Crippen molar-refractivity contribution in [2.45, 2.75) is 37.9 Å². The fourth-order valence-electron chi connectivity index (χ4n) is 4.32. The average molecular weight is 444 g/mol. The van der Waals surface area contributed by atoms with Crippen LogP contribution in [0.4, 0.5) is 0 Å². The van der Waals surface area contributed by atoms with Gasteiger partial charge in [0.05, 0.1) is 0 Å². The summed E-state index contributed by atoms with van der Waals surface area (Å²) in [4.78, 5) is 51.4. The molecule has 0 spiro atoms. The first-order valence-corrected chi connectivity index (χ1v) is 10.9. The predicted octanol–water partition coefficient (Wildman–Crippen LogP) is 2.11. The second-order valence-corrected chi connectivity index (χ2v) is 8.19. The summed E-state index contributed by atoms with van der Waals surface area (Å²) in [5, 5.41) is 4.75. The molecule has 3 amide bonds. The van der Waals surface area contributed by atoms with E-state index in [1.165, 1.54) is 0 Å². The number of primary amides is 1. The Labute approximate surface area is 191 Å². The molecule has 0 bridgehead atoms. The fourth-order valence-corrected chi connectivity index (χ4v) is 4.32. The van der Waals surface area contributed by atoms with Gasteiger partial charge >= 0.3 is 0 Å². The van der Waals surface area contributed by atoms with Gasteiger partial charge in [0.2, 0.25) is 17.6 Å². The lowest BCUT2D eigenvalue weighted by Gasteiger charge is -2.26. The Balaban J connectivity index is 1.54. The summed E-state index contributed by atoms with van der Waals surface area (Å²) in [6.07, 6.45) is 0.729. The summed E-state index contributed by atoms with van der Waals surface area (Å²) >= 11 is 0. The molecule has 0 radical (unpaired) electrons. The van der Waals surface area contributed by atoms with Gasteiger partial charge in [-0.05, 0) is 28.3 Å². The predicted molar refractivity (Wildman–Crippen MR) is 124 cm³/mol. The van der Waals surface area contributed by atoms with Crippen LogP contribution in [0.25, 0.3) is 10.8 Å². The number of fused-ring (bicyclic) bond motifs is 1. The molecule has 3 aromatic rings. The largest absolute Gasteiger partial charge is 0.363 e. The van der Waals surface area contributed by atoms with E-state index in [4.69, 9.17) is 5.73 Å². The van der Waals surface area contributed by atoms with Gasteiger partial charge in [-0.15, -0.1) is 0 Å². The number of rotatable bonds is 8. The highest BCUT2D eigenvalue weighted by atomic mass is 16.2. The van der Waals surface area contributed by atoms with E-state index in [2.05, 4.69) is 5.32 Å². The van der Waals surface area contributed by atoms with E-state index in [0.717, 1.165) is 21.9 Å². The average Bonchev–Trinajstić information content (AvgIpc) is 3.19. The quantitative estimate of drug-likeness (QED) is 0.520. The summed E-state index contributed by atoms with van der Waals surface area (Å²) in [5.74, 6) is -2.55. The standard InChI is InChI=1S/C26H25N3O4/c27-25(32)24(31)21(15-17-7-2-1-3-8-17)28-26(33)22-13-14-23(30)29(22)16-19-11-6-10-18-9-4-5-12-20(18)19/h1-12,21-22H,13-16H2,(H2,27,32)(H,28,33). The Kier molecular flexibility index (Phi) is 6.49. The van der Waals surface area contributed by atoms with Crippen LogP contribution in [0.1, 0.15) is 24.0 Å². The molecule has 1 aliphatic rings. The molecule has 168 valence electrons. The molecule has 1 saturated heterocycles. The summed E-state index contributed by atoms with van der Waals surface area (Å²) in [7, 11) is 0. The molecule has 2 atom stereocenters. The van der Waals surface area contributed by atoms with Crippen LogP contribution >= 0.6 is 0 Å². The number of ketones is 1. The van der Waals surface area contributed by atoms with Gasteiger partial charge in [0.1, 0.15) is 12.1 Å². The van der Waals surface area contributed by atoms with Gasteiger partial charge in [-0.2, -0.15) is 0 Å². The maximum Gasteiger partial charge on any atom is 0.287 e. The molecule has 7 heteroatoms. The molecular formula is C26H25N3O4. The maximum absolute atomic E-state index is 13.2. The smallest absolute Gasteiger partial charge is 0.287 e. The number of hydrogen-bond acceptors (Lipinski definition) is 4. The van der Waals surface area contributed by atoms with Crippen LogP contribution in [0.5, 0.6) is 0 Å². The Bertz CT molecular complexity index is 1200. The minimum Gasteiger partial charge on any atom is -0.363 e. The van der Waals surface area contributed by atoms with Crippen LogP contribution in [0.2, 0.25) is 0 Å². The Morgan fingerprint density at radius 3 is 2.42 bits per heavy atom. The summed E-state index contributed by atoms with van der Waals surface area (Å²) in [6.45, 7) is 0.283. The van der Waals surface area contributed by atoms with E-state index in [1.54, 1.807) is 17.0 Å². The minimum atomic E-state index is -1.11. The summed E-state index contributed by atoms with van der Waals surface area (Å²) in [6, 6.07) is 21.0. The zero-order valence-corrected chi connectivity index (χ0v) is 18.1. The van der Waals surface area contributed by atoms with Crippen LogP contribution in [0.15, 0.2) is 72.8 Å². The van der Waals surface area contributed by atoms with Crippen molar-refractivity contribution in [1.29, 1.82) is 0 Å². The molecule has 33 heavy (non-hydrogen) atoms. The van der Waals surface area contributed by atoms with Crippen molar-refractivity contribution in [2.24, 2.45) is 5.73 Å². The lowest BCUT2D eigenvalue weighted by Crippen LogP contribution is -2.53. The van der Waals surface area contributed by atoms with Crippen molar-refractivity contribution >= 4 is 34.3 Å². The zero-order valence-electron chi connectivity index (χ0n) is 18.1. The van der Waals surface area contributed by atoms with Gasteiger partial charge in [-0.3, -0.25) is 19.2 Å². The van der Waals surface area contributed by atoms with Crippen LogP contribution in [-0.2, 0) is 32.1 Å². The van der Waals surface area contributed by atoms with Crippen molar-refractivity contribution in [2.75, 3.05) is 0 Å². The molecular weight excluding hydrogens is 418 g/mol. The monoisotopic (exact) mass is 443 g/mol. The van der Waals surface area contributed by atoms with Gasteiger partial charge in [-0.1, -0.05) is 72.8 Å². The Morgan fingerprint density at radius 1 is 0.970 bits per heavy atom. The number of nitrogens with one attached hydrogen (secondary N) is 1. The second kappa shape index (κ2) is 9.65. The molecule has 3 N–H and O–H groups in total. The van der Waals surface area contributed by atoms with E-state index < -0.39 is 29.7 Å². The van der Waals surface area contributed by atoms with E-state index in [1.807, 2.05) is 60.7 Å². The van der Waals surface area contributed by atoms with E-state index in [9.17, 15) is 19.2 Å². The molecule has 0 aromatic heterocycles. The number of amides is 3. The van der Waals surface area contributed by atoms with Crippen molar-refractivity contribution in [3.8, 4) is 0 Å². The number of nitrogens with two attached hydrogens (primary N) is 1. The first-order chi connectivity index (χ1) is 15.9. The van der Waals surface area contributed by atoms with E-state index >= 15 is 0 Å². The van der Waals surface area contributed by atoms with Crippen molar-refractivity contribution in [1.82, 2.24) is 10.2 Å². The molecule has 0 saturated carbocycles. The lowest BCUT2D eigenvalue weighted by molar-refractivity contribution is -0.140. The van der Waals surface area contributed by atoms with Gasteiger partial charge < -0.3 is 16.0 Å². The number of nitrogens with zero attached hydrogens (tertiary/aromatic N) is 1. The Hall–Kier alpha value is -4.00. The SMILES string of the molecule is NC(=O)C(=O)C(Cc1ccccc1)NC(=O)C1CCC(=O)N1Cc1cccc2ccccc12. The highest BCUT2D eigenvalue weighted by Crippen LogP contribution is 2.26. The maximum atomic E-state index is 13.2. The number of carbonyl (C=O) groups excluding carboxylic acids is 4. The van der Waals surface area contributed by atoms with Gasteiger partial charge in [0.15, 0.2) is 0 Å². The van der Waals surface area contributed by atoms with Gasteiger partial charge in [-0.25, -0.2) is 0 Å². The molecule has 1 aliphatic heterocycles. The first-order valence-electron chi connectivity index (χ1n) is 10.9. The van der Waals surface area contributed by atoms with Crippen molar-refractivity contribution in [3.63, 3.8) is 0 Å². The van der Waals surface area contributed by atoms with Crippen LogP contribution in [-0.4, -0.2) is 40.5 Å². The van der Waals surface area contributed by atoms with Crippen molar-refractivity contribution in [3.05, 3.63) is 83.9 Å². The van der Waals surface area contributed by atoms with Crippen LogP contribution < -0.4 is 11.1 Å². The third kappa shape index (κ3) is 4.92. The number of hydrogen-bond donors (Lipinski definition) is 2. The normalized spacial score (nSPS) is 16.5. The van der Waals surface area contributed by atoms with E-state index in [-0.39, 0.29) is 25.3 Å². The number of benzene rings is 3. The molecule has 0 aliphatic carbocycles. The number of likely N-dealkylation sites (tertiary alicyclic amines) is 1. The highest BCUT2D eigenvalue weighted by molar-refractivity contribution is 6.38. The summed E-state index contributed by atoms with van der Waals surface area (Å²) in [5.41, 5.74) is 6.94. The third-order valence-corrected chi connectivity index (χ3v) is 6.01. The molecule has 7 nitrogen and oxygen atoms in total. The van der Waals surface area contributed by atoms with Gasteiger partial charge in [0.25, 0.3) is 5.91 Å². The molecule has 4 rings (SSSR count). The first kappa shape index (κ1) is 22.2. The number of Topliss-reactive ketones (excluding diaryl/α,β-unsaturated/α-hetero) is 1. The molecule has 2 unspecified atom stereocenters. The van der Waals surface area contributed by atoms with Crippen LogP contribution in [0, 0.1) is 0 Å². The highest BCUT2D eigenvalue weighted by Gasteiger charge is 2.38. The fraction of sp³-hybridized carbons (Fsp3) is 0.231. The summed E-state index contributed by atoms with van der Waals surface area (Å²) < 4.78 is 0. The second-order valence-electron chi connectivity index (χ2n) is 8.19. The topological polar surface area (TPSA) is 110 Å². The Morgan fingerprint density at radius 2 is 1.67 bits per heavy atom. The molecule has 1 fully saturated rings. The minimum absolute atomic E-state index is 0.121. The third-order valence-electron chi connectivity index (χ3n) is 6.01. The van der Waals surface area contributed by atoms with Gasteiger partial charge in [0, 0.05) is 19.4 Å². The lowest BCUT2D eigenvalue weighted by atomic mass is 10.0. The number of carbonyl (C=O) groups is 4. The van der Waals surface area contributed by atoms with Crippen LogP contribution in [0.3, 0.4) is 0 Å². The molecule has 1 heterocycles. The molecule has 3 aromatic carbocycles. The van der Waals surface area contributed by atoms with Crippen molar-refractivity contribution < 1.29 is 19.2 Å². The zero-order chi connectivity index (χ0) is 23.4.